The van der Waals surface area contributed by atoms with E-state index in [1.165, 1.54) is 33.8 Å². The van der Waals surface area contributed by atoms with Crippen molar-refractivity contribution in [1.29, 1.82) is 0 Å². The Morgan fingerprint density at radius 2 is 1.62 bits per heavy atom. The Morgan fingerprint density at radius 1 is 0.793 bits per heavy atom. The molecule has 1 aromatic heterocycles. The molecule has 2 aliphatic rings. The van der Waals surface area contributed by atoms with Crippen LogP contribution in [0.2, 0.25) is 0 Å². The van der Waals surface area contributed by atoms with Gasteiger partial charge in [0.05, 0.1) is 40.8 Å². The molecule has 2 unspecified atom stereocenters. The predicted molar refractivity (Wildman–Crippen MR) is 119 cm³/mol. The lowest BCUT2D eigenvalue weighted by Crippen LogP contribution is -2.26. The summed E-state index contributed by atoms with van der Waals surface area (Å²) in [6.07, 6.45) is 3.93. The highest BCUT2D eigenvalue weighted by atomic mass is 15.1. The van der Waals surface area contributed by atoms with Crippen LogP contribution in [0.4, 0.5) is 17.1 Å². The van der Waals surface area contributed by atoms with Gasteiger partial charge in [0.2, 0.25) is 0 Å². The van der Waals surface area contributed by atoms with Crippen LogP contribution in [-0.2, 0) is 6.42 Å². The molecule has 2 aliphatic heterocycles. The number of nitrogens with zero attached hydrogens (tertiary/aromatic N) is 1. The molecule has 0 fully saturated rings. The minimum absolute atomic E-state index is 0.288. The van der Waals surface area contributed by atoms with E-state index >= 15 is 0 Å². The first-order chi connectivity index (χ1) is 14.3. The first kappa shape index (κ1) is 16.5. The molecule has 144 valence electrons. The zero-order valence-electron chi connectivity index (χ0n) is 16.1. The fraction of sp³-hybridized carbons (Fsp3) is 0.208. The maximum atomic E-state index is 4.32. The predicted octanol–water partition coefficient (Wildman–Crippen LogP) is 5.24. The molecule has 3 aromatic carbocycles. The molecule has 0 radical (unpaired) electrons. The minimum atomic E-state index is 0.288. The van der Waals surface area contributed by atoms with E-state index in [4.69, 9.17) is 0 Å². The number of hydrogen-bond acceptors (Lipinski definition) is 4. The molecule has 2 atom stereocenters. The Labute approximate surface area is 169 Å². The van der Waals surface area contributed by atoms with Gasteiger partial charge in [-0.25, -0.2) is 4.98 Å². The summed E-state index contributed by atoms with van der Waals surface area (Å²) < 4.78 is 0. The van der Waals surface area contributed by atoms with Gasteiger partial charge in [0, 0.05) is 12.2 Å². The number of aromatic nitrogens is 2. The second-order valence-electron chi connectivity index (χ2n) is 7.95. The van der Waals surface area contributed by atoms with E-state index in [2.05, 4.69) is 86.6 Å². The number of imidazole rings is 1. The molecule has 0 amide bonds. The molecule has 0 bridgehead atoms. The highest BCUT2D eigenvalue weighted by molar-refractivity contribution is 5.75. The van der Waals surface area contributed by atoms with Gasteiger partial charge in [-0.1, -0.05) is 30.3 Å². The second-order valence-corrected chi connectivity index (χ2v) is 7.95. The fourth-order valence-corrected chi connectivity index (χ4v) is 4.57. The normalized spacial score (nSPS) is 20.1. The van der Waals surface area contributed by atoms with Crippen LogP contribution in [0.15, 0.2) is 67.0 Å². The number of para-hydroxylation sites is 2. The van der Waals surface area contributed by atoms with Crippen molar-refractivity contribution in [1.82, 2.24) is 9.97 Å². The lowest BCUT2D eigenvalue weighted by molar-refractivity contribution is 0.666. The van der Waals surface area contributed by atoms with Crippen molar-refractivity contribution in [3.8, 4) is 0 Å². The Kier molecular flexibility index (Phi) is 3.72. The van der Waals surface area contributed by atoms with E-state index in [0.717, 1.165) is 30.4 Å². The van der Waals surface area contributed by atoms with Crippen molar-refractivity contribution < 1.29 is 0 Å². The summed E-state index contributed by atoms with van der Waals surface area (Å²) in [5.74, 6) is 0. The number of aryl methyl sites for hydroxylation is 1. The molecule has 3 heterocycles. The van der Waals surface area contributed by atoms with Crippen molar-refractivity contribution in [2.24, 2.45) is 0 Å². The van der Waals surface area contributed by atoms with E-state index < -0.39 is 0 Å². The molecule has 5 nitrogen and oxygen atoms in total. The van der Waals surface area contributed by atoms with Gasteiger partial charge in [-0.3, -0.25) is 0 Å². The number of nitrogens with one attached hydrogen (secondary N) is 4. The zero-order chi connectivity index (χ0) is 19.2. The summed E-state index contributed by atoms with van der Waals surface area (Å²) in [4.78, 5) is 7.54. The molecule has 0 saturated heterocycles. The highest BCUT2D eigenvalue weighted by Crippen LogP contribution is 2.36. The van der Waals surface area contributed by atoms with E-state index in [1.807, 2.05) is 0 Å². The molecule has 5 heteroatoms. The van der Waals surface area contributed by atoms with Gasteiger partial charge in [-0.05, 0) is 59.9 Å². The van der Waals surface area contributed by atoms with E-state index in [9.17, 15) is 0 Å². The SMILES string of the molecule is c1ccc2c(c1)NCC(c1ccc3c(c1)CCC(c1ccc4nc[nH]c4c1)N3)N2. The van der Waals surface area contributed by atoms with E-state index in [0.29, 0.717) is 6.04 Å². The molecule has 0 saturated carbocycles. The van der Waals surface area contributed by atoms with Gasteiger partial charge in [-0.15, -0.1) is 0 Å². The summed E-state index contributed by atoms with van der Waals surface area (Å²) in [5.41, 5.74) is 9.78. The van der Waals surface area contributed by atoms with Crippen molar-refractivity contribution in [2.45, 2.75) is 24.9 Å². The third-order valence-electron chi connectivity index (χ3n) is 6.16. The largest absolute Gasteiger partial charge is 0.381 e. The second kappa shape index (κ2) is 6.55. The molecule has 29 heavy (non-hydrogen) atoms. The van der Waals surface area contributed by atoms with Crippen molar-refractivity contribution in [3.05, 3.63) is 83.7 Å². The van der Waals surface area contributed by atoms with Gasteiger partial charge < -0.3 is 20.9 Å². The van der Waals surface area contributed by atoms with E-state index in [-0.39, 0.29) is 6.04 Å². The zero-order valence-corrected chi connectivity index (χ0v) is 16.1. The third kappa shape index (κ3) is 2.90. The number of H-pyrrole nitrogens is 1. The highest BCUT2D eigenvalue weighted by Gasteiger charge is 2.23. The van der Waals surface area contributed by atoms with Crippen LogP contribution in [0, 0.1) is 0 Å². The topological polar surface area (TPSA) is 64.8 Å². The van der Waals surface area contributed by atoms with Crippen LogP contribution in [-0.4, -0.2) is 16.5 Å². The fourth-order valence-electron chi connectivity index (χ4n) is 4.57. The first-order valence-corrected chi connectivity index (χ1v) is 10.3. The number of benzene rings is 3. The van der Waals surface area contributed by atoms with E-state index in [1.54, 1.807) is 6.33 Å². The van der Waals surface area contributed by atoms with Crippen molar-refractivity contribution in [2.75, 3.05) is 22.5 Å². The van der Waals surface area contributed by atoms with Crippen molar-refractivity contribution >= 4 is 28.1 Å². The molecule has 4 aromatic rings. The molecular formula is C24H23N5. The maximum Gasteiger partial charge on any atom is 0.0931 e. The summed E-state index contributed by atoms with van der Waals surface area (Å²) >= 11 is 0. The van der Waals surface area contributed by atoms with Crippen LogP contribution >= 0.6 is 0 Å². The smallest absolute Gasteiger partial charge is 0.0931 e. The number of aromatic amines is 1. The van der Waals surface area contributed by atoms with Crippen LogP contribution in [0.1, 0.15) is 35.2 Å². The molecule has 0 spiro atoms. The Morgan fingerprint density at radius 3 is 2.59 bits per heavy atom. The standard InChI is InChI=1S/C24H23N5/c1-2-4-22-20(3-1)25-13-24(29-22)16-6-9-18-15(11-16)5-8-19(28-18)17-7-10-21-23(12-17)27-14-26-21/h1-4,6-7,9-12,14,19,24-25,28-29H,5,8,13H2,(H,26,27). The van der Waals surface area contributed by atoms with Gasteiger partial charge in [0.15, 0.2) is 0 Å². The Hall–Kier alpha value is -3.47. The number of hydrogen-bond donors (Lipinski definition) is 4. The molecule has 4 N–H and O–H groups in total. The first-order valence-electron chi connectivity index (χ1n) is 10.3. The number of anilines is 3. The summed E-state index contributed by atoms with van der Waals surface area (Å²) in [7, 11) is 0. The Bertz CT molecular complexity index is 1190. The number of rotatable bonds is 2. The average Bonchev–Trinajstić information content (AvgIpc) is 3.26. The van der Waals surface area contributed by atoms with Gasteiger partial charge in [0.25, 0.3) is 0 Å². The van der Waals surface area contributed by atoms with Gasteiger partial charge in [-0.2, -0.15) is 0 Å². The monoisotopic (exact) mass is 381 g/mol. The average molecular weight is 381 g/mol. The maximum absolute atomic E-state index is 4.32. The summed E-state index contributed by atoms with van der Waals surface area (Å²) in [6.45, 7) is 0.899. The number of fused-ring (bicyclic) bond motifs is 3. The van der Waals surface area contributed by atoms with Crippen molar-refractivity contribution in [3.63, 3.8) is 0 Å². The van der Waals surface area contributed by atoms with Gasteiger partial charge in [0.1, 0.15) is 0 Å². The Balaban J connectivity index is 1.24. The summed E-state index contributed by atoms with van der Waals surface area (Å²) in [6, 6.07) is 22.4. The lowest BCUT2D eigenvalue weighted by Gasteiger charge is -2.31. The quantitative estimate of drug-likeness (QED) is 0.383. The molecular weight excluding hydrogens is 358 g/mol. The summed E-state index contributed by atoms with van der Waals surface area (Å²) in [5, 5.41) is 11.0. The molecule has 6 rings (SSSR count). The van der Waals surface area contributed by atoms with Crippen LogP contribution in [0.3, 0.4) is 0 Å². The van der Waals surface area contributed by atoms with Gasteiger partial charge >= 0.3 is 0 Å². The third-order valence-corrected chi connectivity index (χ3v) is 6.16. The lowest BCUT2D eigenvalue weighted by atomic mass is 9.91. The van der Waals surface area contributed by atoms with Crippen LogP contribution in [0.25, 0.3) is 11.0 Å². The van der Waals surface area contributed by atoms with Crippen LogP contribution < -0.4 is 16.0 Å². The molecule has 0 aliphatic carbocycles. The van der Waals surface area contributed by atoms with Crippen LogP contribution in [0.5, 0.6) is 0 Å². The minimum Gasteiger partial charge on any atom is -0.381 e.